The lowest BCUT2D eigenvalue weighted by molar-refractivity contribution is -0.384. The third kappa shape index (κ3) is 3.91. The normalized spacial score (nSPS) is 11.1. The van der Waals surface area contributed by atoms with Gasteiger partial charge in [-0.1, -0.05) is 26.8 Å². The molecule has 100 valence electrons. The molecule has 1 aromatic carbocycles. The van der Waals surface area contributed by atoms with Crippen molar-refractivity contribution in [3.05, 3.63) is 28.3 Å². The van der Waals surface area contributed by atoms with E-state index < -0.39 is 4.92 Å². The second-order valence-corrected chi connectivity index (χ2v) is 5.35. The van der Waals surface area contributed by atoms with E-state index in [-0.39, 0.29) is 16.9 Å². The van der Waals surface area contributed by atoms with Gasteiger partial charge in [0.1, 0.15) is 5.69 Å². The fourth-order valence-electron chi connectivity index (χ4n) is 1.59. The van der Waals surface area contributed by atoms with Crippen LogP contribution in [0.1, 0.15) is 27.2 Å². The monoisotopic (exact) mass is 252 g/mol. The number of para-hydroxylation sites is 1. The van der Waals surface area contributed by atoms with Crippen molar-refractivity contribution >= 4 is 11.4 Å². The minimum Gasteiger partial charge on any atom is -0.490 e. The number of anilines is 1. The smallest absolute Gasteiger partial charge is 0.333 e. The van der Waals surface area contributed by atoms with Crippen molar-refractivity contribution in [1.29, 1.82) is 0 Å². The van der Waals surface area contributed by atoms with Crippen LogP contribution in [0.15, 0.2) is 18.2 Å². The van der Waals surface area contributed by atoms with Crippen LogP contribution >= 0.6 is 0 Å². The van der Waals surface area contributed by atoms with Gasteiger partial charge in [-0.25, -0.2) is 0 Å². The van der Waals surface area contributed by atoms with Crippen molar-refractivity contribution in [2.24, 2.45) is 5.41 Å². The predicted octanol–water partition coefficient (Wildman–Crippen LogP) is 3.45. The number of nitro groups is 1. The average Bonchev–Trinajstić information content (AvgIpc) is 2.26. The lowest BCUT2D eigenvalue weighted by Gasteiger charge is -2.18. The molecule has 0 heterocycles. The van der Waals surface area contributed by atoms with Gasteiger partial charge in [0.25, 0.3) is 0 Å². The first-order valence-electron chi connectivity index (χ1n) is 5.90. The number of nitrogens with zero attached hydrogens (tertiary/aromatic N) is 1. The van der Waals surface area contributed by atoms with Gasteiger partial charge in [0.2, 0.25) is 0 Å². The van der Waals surface area contributed by atoms with E-state index in [1.807, 2.05) is 0 Å². The van der Waals surface area contributed by atoms with Crippen molar-refractivity contribution in [3.8, 4) is 5.75 Å². The van der Waals surface area contributed by atoms with Crippen molar-refractivity contribution in [3.63, 3.8) is 0 Å². The number of ether oxygens (including phenoxy) is 1. The van der Waals surface area contributed by atoms with Gasteiger partial charge in [0.15, 0.2) is 5.75 Å². The van der Waals surface area contributed by atoms with Crippen LogP contribution < -0.4 is 10.1 Å². The van der Waals surface area contributed by atoms with Crippen LogP contribution in [0, 0.1) is 15.5 Å². The molecule has 0 bridgehead atoms. The zero-order chi connectivity index (χ0) is 13.8. The Kier molecular flexibility index (Phi) is 4.53. The maximum atomic E-state index is 11.0. The molecule has 0 aliphatic carbocycles. The first kappa shape index (κ1) is 14.3. The third-order valence-corrected chi connectivity index (χ3v) is 2.59. The number of nitrogens with one attached hydrogen (secondary N) is 1. The first-order chi connectivity index (χ1) is 8.35. The number of hydrogen-bond acceptors (Lipinski definition) is 4. The van der Waals surface area contributed by atoms with Crippen LogP contribution in [0.5, 0.6) is 5.75 Å². The molecule has 1 N–H and O–H groups in total. The van der Waals surface area contributed by atoms with E-state index >= 15 is 0 Å². The highest BCUT2D eigenvalue weighted by Gasteiger charge is 2.20. The summed E-state index contributed by atoms with van der Waals surface area (Å²) in [5.74, 6) is 0.278. The lowest BCUT2D eigenvalue weighted by atomic mass is 9.92. The fraction of sp³-hybridized carbons (Fsp3) is 0.538. The zero-order valence-electron chi connectivity index (χ0n) is 11.3. The number of nitro benzene ring substituents is 1. The van der Waals surface area contributed by atoms with E-state index in [0.29, 0.717) is 12.2 Å². The highest BCUT2D eigenvalue weighted by Crippen LogP contribution is 2.34. The molecular formula is C13H20N2O3. The van der Waals surface area contributed by atoms with Crippen LogP contribution in [0.2, 0.25) is 0 Å². The summed E-state index contributed by atoms with van der Waals surface area (Å²) in [6.07, 6.45) is 0.932. The summed E-state index contributed by atoms with van der Waals surface area (Å²) in [4.78, 5) is 10.6. The predicted molar refractivity (Wildman–Crippen MR) is 72.2 cm³/mol. The van der Waals surface area contributed by atoms with Gasteiger partial charge in [0.05, 0.1) is 12.0 Å². The average molecular weight is 252 g/mol. The maximum Gasteiger partial charge on any atom is 0.333 e. The lowest BCUT2D eigenvalue weighted by Crippen LogP contribution is -2.13. The van der Waals surface area contributed by atoms with E-state index in [4.69, 9.17) is 4.74 Å². The summed E-state index contributed by atoms with van der Waals surface area (Å²) in [6, 6.07) is 5.03. The largest absolute Gasteiger partial charge is 0.490 e. The van der Waals surface area contributed by atoms with Gasteiger partial charge in [-0.3, -0.25) is 10.1 Å². The Morgan fingerprint density at radius 2 is 2.06 bits per heavy atom. The highest BCUT2D eigenvalue weighted by molar-refractivity contribution is 5.68. The van der Waals surface area contributed by atoms with Crippen molar-refractivity contribution in [1.82, 2.24) is 0 Å². The van der Waals surface area contributed by atoms with Crippen LogP contribution in [0.3, 0.4) is 0 Å². The molecule has 0 saturated heterocycles. The molecule has 0 aromatic heterocycles. The second kappa shape index (κ2) is 5.71. The van der Waals surface area contributed by atoms with Crippen molar-refractivity contribution in [2.75, 3.05) is 19.0 Å². The molecule has 0 spiro atoms. The molecular weight excluding hydrogens is 232 g/mol. The van der Waals surface area contributed by atoms with E-state index in [1.165, 1.54) is 7.11 Å². The molecule has 0 unspecified atom stereocenters. The molecule has 0 aliphatic heterocycles. The van der Waals surface area contributed by atoms with Gasteiger partial charge in [-0.15, -0.1) is 0 Å². The Balaban J connectivity index is 2.85. The van der Waals surface area contributed by atoms with E-state index in [1.54, 1.807) is 18.2 Å². The summed E-state index contributed by atoms with van der Waals surface area (Å²) < 4.78 is 5.01. The summed E-state index contributed by atoms with van der Waals surface area (Å²) in [7, 11) is 1.43. The van der Waals surface area contributed by atoms with Gasteiger partial charge in [0, 0.05) is 6.54 Å². The van der Waals surface area contributed by atoms with Gasteiger partial charge >= 0.3 is 5.69 Å². The Labute approximate surface area is 107 Å². The minimum absolute atomic E-state index is 0.00564. The zero-order valence-corrected chi connectivity index (χ0v) is 11.3. The standard InChI is InChI=1S/C13H20N2O3/c1-13(2,3)8-9-14-10-6-5-7-11(18-4)12(10)15(16)17/h5-7,14H,8-9H2,1-4H3. The summed E-state index contributed by atoms with van der Waals surface area (Å²) in [6.45, 7) is 7.09. The van der Waals surface area contributed by atoms with E-state index in [9.17, 15) is 10.1 Å². The molecule has 5 heteroatoms. The molecule has 0 atom stereocenters. The van der Waals surface area contributed by atoms with E-state index in [2.05, 4.69) is 26.1 Å². The number of methoxy groups -OCH3 is 1. The molecule has 1 rings (SSSR count). The fourth-order valence-corrected chi connectivity index (χ4v) is 1.59. The SMILES string of the molecule is COc1cccc(NCCC(C)(C)C)c1[N+](=O)[O-]. The topological polar surface area (TPSA) is 64.4 Å². The van der Waals surface area contributed by atoms with Gasteiger partial charge in [-0.2, -0.15) is 0 Å². The quantitative estimate of drug-likeness (QED) is 0.644. The van der Waals surface area contributed by atoms with E-state index in [0.717, 1.165) is 6.42 Å². The maximum absolute atomic E-state index is 11.0. The van der Waals surface area contributed by atoms with Crippen molar-refractivity contribution in [2.45, 2.75) is 27.2 Å². The Hall–Kier alpha value is -1.78. The minimum atomic E-state index is -0.418. The van der Waals surface area contributed by atoms with Crippen LogP contribution in [-0.2, 0) is 0 Å². The Bertz CT molecular complexity index is 425. The number of benzene rings is 1. The third-order valence-electron chi connectivity index (χ3n) is 2.59. The molecule has 0 saturated carbocycles. The first-order valence-corrected chi connectivity index (χ1v) is 5.90. The van der Waals surface area contributed by atoms with Crippen LogP contribution in [-0.4, -0.2) is 18.6 Å². The molecule has 0 radical (unpaired) electrons. The summed E-state index contributed by atoms with van der Waals surface area (Å²) in [5.41, 5.74) is 0.693. The molecule has 0 aliphatic rings. The van der Waals surface area contributed by atoms with Gasteiger partial charge < -0.3 is 10.1 Å². The number of hydrogen-bond donors (Lipinski definition) is 1. The molecule has 0 amide bonds. The molecule has 1 aromatic rings. The molecule has 0 fully saturated rings. The second-order valence-electron chi connectivity index (χ2n) is 5.35. The summed E-state index contributed by atoms with van der Waals surface area (Å²) >= 11 is 0. The molecule has 5 nitrogen and oxygen atoms in total. The Morgan fingerprint density at radius 3 is 2.56 bits per heavy atom. The van der Waals surface area contributed by atoms with Gasteiger partial charge in [-0.05, 0) is 24.0 Å². The highest BCUT2D eigenvalue weighted by atomic mass is 16.6. The van der Waals surface area contributed by atoms with Crippen molar-refractivity contribution < 1.29 is 9.66 Å². The molecule has 18 heavy (non-hydrogen) atoms. The van der Waals surface area contributed by atoms with Crippen LogP contribution in [0.4, 0.5) is 11.4 Å². The number of rotatable bonds is 5. The Morgan fingerprint density at radius 1 is 1.39 bits per heavy atom. The summed E-state index contributed by atoms with van der Waals surface area (Å²) in [5, 5.41) is 14.2. The van der Waals surface area contributed by atoms with Crippen LogP contribution in [0.25, 0.3) is 0 Å².